The molecule has 3 heteroatoms. The molecule has 1 saturated heterocycles. The Hall–Kier alpha value is -1.25. The van der Waals surface area contributed by atoms with Crippen LogP contribution in [-0.2, 0) is 0 Å². The number of piperidine rings is 1. The van der Waals surface area contributed by atoms with E-state index in [9.17, 15) is 0 Å². The van der Waals surface area contributed by atoms with Gasteiger partial charge >= 0.3 is 0 Å². The second-order valence-electron chi connectivity index (χ2n) is 4.98. The van der Waals surface area contributed by atoms with Gasteiger partial charge in [0.05, 0.1) is 7.11 Å². The van der Waals surface area contributed by atoms with Gasteiger partial charge in [0, 0.05) is 6.04 Å². The van der Waals surface area contributed by atoms with E-state index in [0.717, 1.165) is 12.3 Å². The molecular formula is C16H20ClNO. The summed E-state index contributed by atoms with van der Waals surface area (Å²) in [6.45, 7) is 1.14. The van der Waals surface area contributed by atoms with Crippen molar-refractivity contribution in [3.63, 3.8) is 0 Å². The van der Waals surface area contributed by atoms with Crippen molar-refractivity contribution in [2.24, 2.45) is 0 Å². The number of methoxy groups -OCH3 is 1. The van der Waals surface area contributed by atoms with Crippen LogP contribution in [0.5, 0.6) is 5.75 Å². The van der Waals surface area contributed by atoms with Crippen LogP contribution in [0.25, 0.3) is 10.8 Å². The largest absolute Gasteiger partial charge is 0.497 e. The zero-order valence-corrected chi connectivity index (χ0v) is 12.0. The maximum atomic E-state index is 5.26. The molecule has 3 rings (SSSR count). The van der Waals surface area contributed by atoms with E-state index < -0.39 is 0 Å². The third-order valence-electron chi connectivity index (χ3n) is 3.78. The molecule has 0 unspecified atom stereocenters. The van der Waals surface area contributed by atoms with Gasteiger partial charge < -0.3 is 10.1 Å². The minimum Gasteiger partial charge on any atom is -0.497 e. The summed E-state index contributed by atoms with van der Waals surface area (Å²) in [5, 5.41) is 6.13. The summed E-state index contributed by atoms with van der Waals surface area (Å²) in [5.41, 5.74) is 1.41. The first kappa shape index (κ1) is 14.2. The van der Waals surface area contributed by atoms with Crippen molar-refractivity contribution < 1.29 is 4.74 Å². The van der Waals surface area contributed by atoms with Crippen LogP contribution in [0.3, 0.4) is 0 Å². The Balaban J connectivity index is 0.00000133. The van der Waals surface area contributed by atoms with Crippen molar-refractivity contribution in [1.29, 1.82) is 0 Å². The highest BCUT2D eigenvalue weighted by Crippen LogP contribution is 2.27. The summed E-state index contributed by atoms with van der Waals surface area (Å²) in [7, 11) is 1.71. The molecule has 0 radical (unpaired) electrons. The van der Waals surface area contributed by atoms with Crippen LogP contribution >= 0.6 is 12.4 Å². The third kappa shape index (κ3) is 3.02. The summed E-state index contributed by atoms with van der Waals surface area (Å²) in [6.07, 6.45) is 3.89. The van der Waals surface area contributed by atoms with Crippen LogP contribution in [0.1, 0.15) is 30.9 Å². The number of hydrogen-bond acceptors (Lipinski definition) is 2. The Morgan fingerprint density at radius 1 is 1.05 bits per heavy atom. The van der Waals surface area contributed by atoms with Gasteiger partial charge in [-0.2, -0.15) is 0 Å². The number of benzene rings is 2. The van der Waals surface area contributed by atoms with Gasteiger partial charge in [-0.25, -0.2) is 0 Å². The maximum Gasteiger partial charge on any atom is 0.119 e. The number of nitrogens with one attached hydrogen (secondary N) is 1. The van der Waals surface area contributed by atoms with E-state index >= 15 is 0 Å². The fraction of sp³-hybridized carbons (Fsp3) is 0.375. The lowest BCUT2D eigenvalue weighted by Crippen LogP contribution is -2.26. The number of halogens is 1. The Kier molecular flexibility index (Phi) is 4.67. The molecule has 0 amide bonds. The number of hydrogen-bond donors (Lipinski definition) is 1. The van der Waals surface area contributed by atoms with E-state index in [-0.39, 0.29) is 12.4 Å². The first-order valence-corrected chi connectivity index (χ1v) is 6.68. The quantitative estimate of drug-likeness (QED) is 0.893. The fourth-order valence-corrected chi connectivity index (χ4v) is 2.72. The second-order valence-corrected chi connectivity index (χ2v) is 4.98. The van der Waals surface area contributed by atoms with Crippen molar-refractivity contribution in [2.45, 2.75) is 25.3 Å². The van der Waals surface area contributed by atoms with Gasteiger partial charge in [0.1, 0.15) is 5.75 Å². The summed E-state index contributed by atoms with van der Waals surface area (Å²) >= 11 is 0. The highest BCUT2D eigenvalue weighted by molar-refractivity contribution is 5.85. The summed E-state index contributed by atoms with van der Waals surface area (Å²) in [5.74, 6) is 0.922. The molecule has 0 spiro atoms. The van der Waals surface area contributed by atoms with Crippen LogP contribution < -0.4 is 10.1 Å². The molecule has 2 nitrogen and oxygen atoms in total. The zero-order chi connectivity index (χ0) is 12.4. The van der Waals surface area contributed by atoms with Crippen LogP contribution in [0.4, 0.5) is 0 Å². The van der Waals surface area contributed by atoms with E-state index in [1.165, 1.54) is 35.6 Å². The molecule has 1 aliphatic rings. The predicted octanol–water partition coefficient (Wildman–Crippen LogP) is 4.08. The van der Waals surface area contributed by atoms with Crippen molar-refractivity contribution in [3.8, 4) is 5.75 Å². The molecule has 2 aromatic rings. The van der Waals surface area contributed by atoms with Crippen molar-refractivity contribution >= 4 is 23.2 Å². The smallest absolute Gasteiger partial charge is 0.119 e. The monoisotopic (exact) mass is 277 g/mol. The normalized spacial score (nSPS) is 18.9. The van der Waals surface area contributed by atoms with Gasteiger partial charge in [0.25, 0.3) is 0 Å². The Morgan fingerprint density at radius 3 is 2.58 bits per heavy atom. The lowest BCUT2D eigenvalue weighted by molar-refractivity contribution is 0.412. The highest BCUT2D eigenvalue weighted by Gasteiger charge is 2.14. The van der Waals surface area contributed by atoms with Gasteiger partial charge in [0.2, 0.25) is 0 Å². The van der Waals surface area contributed by atoms with Crippen LogP contribution in [0.15, 0.2) is 36.4 Å². The minimum atomic E-state index is 0. The Bertz CT molecular complexity index is 549. The van der Waals surface area contributed by atoms with Gasteiger partial charge in [-0.1, -0.05) is 24.6 Å². The molecule has 19 heavy (non-hydrogen) atoms. The van der Waals surface area contributed by atoms with E-state index in [1.54, 1.807) is 7.11 Å². The minimum absolute atomic E-state index is 0. The first-order valence-electron chi connectivity index (χ1n) is 6.68. The number of fused-ring (bicyclic) bond motifs is 1. The molecule has 0 saturated carbocycles. The van der Waals surface area contributed by atoms with E-state index in [1.807, 2.05) is 6.07 Å². The van der Waals surface area contributed by atoms with Crippen molar-refractivity contribution in [2.75, 3.05) is 13.7 Å². The zero-order valence-electron chi connectivity index (χ0n) is 11.2. The fourth-order valence-electron chi connectivity index (χ4n) is 2.72. The van der Waals surface area contributed by atoms with Gasteiger partial charge in [-0.3, -0.25) is 0 Å². The standard InChI is InChI=1S/C16H19NO.ClH/c1-18-15-8-7-12-10-14(6-5-13(12)11-15)16-4-2-3-9-17-16;/h5-8,10-11,16-17H,2-4,9H2,1H3;1H/t16-;/m0./s1. The van der Waals surface area contributed by atoms with Crippen molar-refractivity contribution in [1.82, 2.24) is 5.32 Å². The molecule has 0 aromatic heterocycles. The Labute approximate surface area is 120 Å². The molecule has 0 bridgehead atoms. The lowest BCUT2D eigenvalue weighted by Gasteiger charge is -2.24. The number of rotatable bonds is 2. The van der Waals surface area contributed by atoms with Crippen LogP contribution in [0, 0.1) is 0 Å². The van der Waals surface area contributed by atoms with Crippen LogP contribution in [-0.4, -0.2) is 13.7 Å². The average molecular weight is 278 g/mol. The predicted molar refractivity (Wildman–Crippen MR) is 82.3 cm³/mol. The summed E-state index contributed by atoms with van der Waals surface area (Å²) < 4.78 is 5.26. The molecular weight excluding hydrogens is 258 g/mol. The van der Waals surface area contributed by atoms with Gasteiger partial charge in [-0.05, 0) is 53.9 Å². The highest BCUT2D eigenvalue weighted by atomic mass is 35.5. The molecule has 102 valence electrons. The summed E-state index contributed by atoms with van der Waals surface area (Å²) in [6, 6.07) is 13.5. The molecule has 1 atom stereocenters. The van der Waals surface area contributed by atoms with Crippen LogP contribution in [0.2, 0.25) is 0 Å². The van der Waals surface area contributed by atoms with E-state index in [0.29, 0.717) is 6.04 Å². The van der Waals surface area contributed by atoms with Gasteiger partial charge in [-0.15, -0.1) is 12.4 Å². The van der Waals surface area contributed by atoms with Gasteiger partial charge in [0.15, 0.2) is 0 Å². The molecule has 2 aromatic carbocycles. The van der Waals surface area contributed by atoms with E-state index in [4.69, 9.17) is 4.74 Å². The average Bonchev–Trinajstić information content (AvgIpc) is 2.47. The SMILES string of the molecule is COc1ccc2cc([C@@H]3CCCCN3)ccc2c1.Cl. The second kappa shape index (κ2) is 6.27. The topological polar surface area (TPSA) is 21.3 Å². The molecule has 1 N–H and O–H groups in total. The summed E-state index contributed by atoms with van der Waals surface area (Å²) in [4.78, 5) is 0. The first-order chi connectivity index (χ1) is 8.86. The maximum absolute atomic E-state index is 5.26. The Morgan fingerprint density at radius 2 is 1.84 bits per heavy atom. The van der Waals surface area contributed by atoms with E-state index in [2.05, 4.69) is 35.6 Å². The third-order valence-corrected chi connectivity index (χ3v) is 3.78. The molecule has 1 heterocycles. The number of ether oxygens (including phenoxy) is 1. The molecule has 1 fully saturated rings. The molecule has 1 aliphatic heterocycles. The van der Waals surface area contributed by atoms with Crippen molar-refractivity contribution in [3.05, 3.63) is 42.0 Å². The molecule has 0 aliphatic carbocycles. The lowest BCUT2D eigenvalue weighted by atomic mass is 9.95.